The molecule has 320 valence electrons. The highest BCUT2D eigenvalue weighted by Gasteiger charge is 2.60. The van der Waals surface area contributed by atoms with Crippen LogP contribution in [0.1, 0.15) is 111 Å². The van der Waals surface area contributed by atoms with Gasteiger partial charge in [0.1, 0.15) is 5.75 Å². The Morgan fingerprint density at radius 3 is 2.12 bits per heavy atom. The van der Waals surface area contributed by atoms with Crippen molar-refractivity contribution in [1.29, 1.82) is 0 Å². The van der Waals surface area contributed by atoms with E-state index < -0.39 is 43.8 Å². The lowest BCUT2D eigenvalue weighted by atomic mass is 9.74. The van der Waals surface area contributed by atoms with Crippen LogP contribution in [0.15, 0.2) is 66.2 Å². The van der Waals surface area contributed by atoms with Crippen LogP contribution in [0.5, 0.6) is 5.75 Å². The van der Waals surface area contributed by atoms with Gasteiger partial charge in [0, 0.05) is 38.0 Å². The molecule has 1 fully saturated rings. The molecule has 0 N–H and O–H groups in total. The monoisotopic (exact) mass is 812 g/mol. The third-order valence-corrected chi connectivity index (χ3v) is 16.0. The molecule has 0 radical (unpaired) electrons. The maximum absolute atomic E-state index is 13.7. The van der Waals surface area contributed by atoms with Crippen molar-refractivity contribution in [2.45, 2.75) is 161 Å². The molecule has 1 aliphatic rings. The van der Waals surface area contributed by atoms with Crippen molar-refractivity contribution in [2.75, 3.05) is 27.9 Å². The minimum atomic E-state index is -2.25. The molecule has 1 aliphatic heterocycles. The van der Waals surface area contributed by atoms with E-state index in [1.165, 1.54) is 13.2 Å². The Hall–Kier alpha value is -3.06. The van der Waals surface area contributed by atoms with Crippen molar-refractivity contribution in [3.8, 4) is 5.75 Å². The molecule has 10 nitrogen and oxygen atoms in total. The molecule has 57 heavy (non-hydrogen) atoms. The Balaban J connectivity index is 2.06. The quantitative estimate of drug-likeness (QED) is 0.0466. The number of ether oxygens (including phenoxy) is 7. The number of methoxy groups -OCH3 is 3. The highest BCUT2D eigenvalue weighted by atomic mass is 28.4. The first-order valence-corrected chi connectivity index (χ1v) is 23.6. The van der Waals surface area contributed by atoms with Crippen molar-refractivity contribution in [1.82, 2.24) is 0 Å². The van der Waals surface area contributed by atoms with Gasteiger partial charge in [0.2, 0.25) is 5.79 Å². The second-order valence-electron chi connectivity index (χ2n) is 17.5. The summed E-state index contributed by atoms with van der Waals surface area (Å²) in [6, 6.07) is 17.8. The fraction of sp³-hybridized carbons (Fsp3) is 0.652. The van der Waals surface area contributed by atoms with Gasteiger partial charge in [0.25, 0.3) is 0 Å². The first kappa shape index (κ1) is 48.3. The summed E-state index contributed by atoms with van der Waals surface area (Å²) in [6.45, 7) is 20.2. The van der Waals surface area contributed by atoms with Gasteiger partial charge in [0.05, 0.1) is 45.7 Å². The standard InChI is InChI=1S/C46H72O10Si/c1-13-14-15-16-20-23-41(47)55-43-37(29-42(48)50-9)28-39(56-46(43,51-10)45(6,7)33-54-57(11,12)44(3,4)5)30-40(34(2)52-31-35-21-18-17-19-22-35)53-32-36-24-26-38(49-8)27-25-36/h17-19,21-22,24-27,29,34,39-40,43H,13-16,20,23,28,30-33H2,1-12H3/t34-,39-,40+,43-,46+/m0/s1. The van der Waals surface area contributed by atoms with Crippen molar-refractivity contribution in [3.05, 3.63) is 77.4 Å². The third-order valence-electron chi connectivity index (χ3n) is 11.6. The smallest absolute Gasteiger partial charge is 0.330 e. The van der Waals surface area contributed by atoms with Gasteiger partial charge < -0.3 is 37.6 Å². The molecule has 1 heterocycles. The summed E-state index contributed by atoms with van der Waals surface area (Å²) in [7, 11) is 2.29. The van der Waals surface area contributed by atoms with Gasteiger partial charge in [-0.25, -0.2) is 4.79 Å². The summed E-state index contributed by atoms with van der Waals surface area (Å²) < 4.78 is 50.5. The van der Waals surface area contributed by atoms with E-state index in [-0.39, 0.29) is 36.6 Å². The maximum Gasteiger partial charge on any atom is 0.330 e. The van der Waals surface area contributed by atoms with Gasteiger partial charge in [-0.05, 0) is 66.7 Å². The molecule has 0 amide bonds. The second kappa shape index (κ2) is 22.3. The number of rotatable bonds is 23. The number of benzene rings is 2. The Bertz CT molecular complexity index is 1530. The van der Waals surface area contributed by atoms with Gasteiger partial charge in [0.15, 0.2) is 14.4 Å². The predicted octanol–water partition coefficient (Wildman–Crippen LogP) is 10.1. The summed E-state index contributed by atoms with van der Waals surface area (Å²) in [5, 5.41) is -0.0524. The number of hydrogen-bond donors (Lipinski definition) is 0. The van der Waals surface area contributed by atoms with Crippen molar-refractivity contribution >= 4 is 20.3 Å². The van der Waals surface area contributed by atoms with Gasteiger partial charge in [-0.2, -0.15) is 0 Å². The highest BCUT2D eigenvalue weighted by Crippen LogP contribution is 2.49. The van der Waals surface area contributed by atoms with Crippen LogP contribution < -0.4 is 4.74 Å². The number of unbranched alkanes of at least 4 members (excludes halogenated alkanes) is 4. The minimum Gasteiger partial charge on any atom is -0.497 e. The van der Waals surface area contributed by atoms with E-state index in [2.05, 4.69) is 40.8 Å². The van der Waals surface area contributed by atoms with E-state index in [1.54, 1.807) is 14.2 Å². The predicted molar refractivity (Wildman–Crippen MR) is 226 cm³/mol. The molecule has 3 rings (SSSR count). The van der Waals surface area contributed by atoms with Crippen LogP contribution in [-0.4, -0.2) is 78.4 Å². The maximum atomic E-state index is 13.7. The van der Waals surface area contributed by atoms with Crippen LogP contribution in [0.2, 0.25) is 18.1 Å². The molecule has 0 spiro atoms. The molecule has 0 bridgehead atoms. The van der Waals surface area contributed by atoms with Crippen molar-refractivity contribution < 1.29 is 47.2 Å². The number of carbonyl (C=O) groups excluding carboxylic acids is 2. The van der Waals surface area contributed by atoms with Gasteiger partial charge in [-0.3, -0.25) is 4.79 Å². The van der Waals surface area contributed by atoms with Gasteiger partial charge in [-0.1, -0.05) is 110 Å². The lowest BCUT2D eigenvalue weighted by Gasteiger charge is -2.54. The number of hydrogen-bond acceptors (Lipinski definition) is 10. The van der Waals surface area contributed by atoms with Crippen LogP contribution in [0.3, 0.4) is 0 Å². The fourth-order valence-electron chi connectivity index (χ4n) is 6.77. The van der Waals surface area contributed by atoms with Crippen LogP contribution >= 0.6 is 0 Å². The molecule has 11 heteroatoms. The molecule has 0 aromatic heterocycles. The zero-order chi connectivity index (χ0) is 42.3. The van der Waals surface area contributed by atoms with Crippen LogP contribution in [-0.2, 0) is 55.7 Å². The molecule has 0 unspecified atom stereocenters. The normalized spacial score (nSPS) is 20.9. The lowest BCUT2D eigenvalue weighted by molar-refractivity contribution is -0.351. The van der Waals surface area contributed by atoms with Gasteiger partial charge >= 0.3 is 11.9 Å². The lowest BCUT2D eigenvalue weighted by Crippen LogP contribution is -2.65. The topological polar surface area (TPSA) is 108 Å². The third kappa shape index (κ3) is 14.0. The van der Waals surface area contributed by atoms with Crippen LogP contribution in [0, 0.1) is 5.41 Å². The summed E-state index contributed by atoms with van der Waals surface area (Å²) in [4.78, 5) is 26.7. The first-order chi connectivity index (χ1) is 26.9. The second-order valence-corrected chi connectivity index (χ2v) is 22.3. The van der Waals surface area contributed by atoms with E-state index in [1.807, 2.05) is 75.4 Å². The zero-order valence-corrected chi connectivity index (χ0v) is 37.9. The summed E-state index contributed by atoms with van der Waals surface area (Å²) in [5.41, 5.74) is 1.69. The zero-order valence-electron chi connectivity index (χ0n) is 36.9. The first-order valence-electron chi connectivity index (χ1n) is 20.7. The molecular formula is C46H72O10Si. The van der Waals surface area contributed by atoms with E-state index >= 15 is 0 Å². The van der Waals surface area contributed by atoms with Gasteiger partial charge in [-0.15, -0.1) is 0 Å². The van der Waals surface area contributed by atoms with E-state index in [0.29, 0.717) is 31.6 Å². The van der Waals surface area contributed by atoms with Crippen molar-refractivity contribution in [3.63, 3.8) is 0 Å². The summed E-state index contributed by atoms with van der Waals surface area (Å²) in [6.07, 6.45) is 4.86. The summed E-state index contributed by atoms with van der Waals surface area (Å²) in [5.74, 6) is -1.72. The molecule has 2 aromatic rings. The Labute approximate surface area is 344 Å². The average molecular weight is 813 g/mol. The molecule has 0 saturated carbocycles. The SMILES string of the molecule is CCCCCCCC(=O)O[C@H]1C(=CC(=O)OC)C[C@@H](C[C@@H](OCc2ccc(OC)cc2)[C@H](C)OCc2ccccc2)O[C@@]1(OC)C(C)(C)CO[Si](C)(C)C(C)(C)C. The van der Waals surface area contributed by atoms with E-state index in [4.69, 9.17) is 37.6 Å². The van der Waals surface area contributed by atoms with E-state index in [0.717, 1.165) is 42.6 Å². The Kier molecular flexibility index (Phi) is 18.9. The molecule has 0 aliphatic carbocycles. The molecule has 2 aromatic carbocycles. The minimum absolute atomic E-state index is 0.0524. The largest absolute Gasteiger partial charge is 0.497 e. The summed E-state index contributed by atoms with van der Waals surface area (Å²) >= 11 is 0. The molecule has 1 saturated heterocycles. The fourth-order valence-corrected chi connectivity index (χ4v) is 7.92. The number of carbonyl (C=O) groups is 2. The van der Waals surface area contributed by atoms with Crippen molar-refractivity contribution in [2.24, 2.45) is 5.41 Å². The molecule has 5 atom stereocenters. The molecular weight excluding hydrogens is 741 g/mol. The highest BCUT2D eigenvalue weighted by molar-refractivity contribution is 6.74. The van der Waals surface area contributed by atoms with E-state index in [9.17, 15) is 9.59 Å². The average Bonchev–Trinajstić information content (AvgIpc) is 3.18. The van der Waals surface area contributed by atoms with Crippen LogP contribution in [0.25, 0.3) is 0 Å². The number of esters is 2. The Morgan fingerprint density at radius 1 is 0.895 bits per heavy atom. The van der Waals surface area contributed by atoms with Crippen LogP contribution in [0.4, 0.5) is 0 Å². The Morgan fingerprint density at radius 2 is 1.53 bits per heavy atom.